The molecule has 1 aromatic heterocycles. The minimum Gasteiger partial charge on any atom is -0.486 e. The van der Waals surface area contributed by atoms with Crippen LogP contribution in [0.3, 0.4) is 0 Å². The first-order valence-electron chi connectivity index (χ1n) is 6.04. The Hall–Kier alpha value is -2.67. The lowest BCUT2D eigenvalue weighted by atomic mass is 10.1. The van der Waals surface area contributed by atoms with Gasteiger partial charge in [0.05, 0.1) is 5.56 Å². The second-order valence-corrected chi connectivity index (χ2v) is 4.23. The number of hydrogen-bond donors (Lipinski definition) is 2. The number of hydrogen-bond acceptors (Lipinski definition) is 5. The predicted molar refractivity (Wildman–Crippen MR) is 71.1 cm³/mol. The van der Waals surface area contributed by atoms with Gasteiger partial charge in [0.25, 0.3) is 0 Å². The fraction of sp³-hybridized carbons (Fsp3) is 0.143. The molecule has 7 heteroatoms. The van der Waals surface area contributed by atoms with Crippen LogP contribution in [-0.4, -0.2) is 11.7 Å². The molecule has 0 atom stereocenters. The molecule has 0 aliphatic heterocycles. The molecule has 0 fully saturated rings. The van der Waals surface area contributed by atoms with Crippen molar-refractivity contribution in [2.24, 2.45) is 5.84 Å². The maximum atomic E-state index is 13.6. The Labute approximate surface area is 119 Å². The second kappa shape index (κ2) is 6.19. The van der Waals surface area contributed by atoms with Crippen molar-refractivity contribution in [2.45, 2.75) is 13.5 Å². The third-order valence-corrected chi connectivity index (χ3v) is 2.72. The summed E-state index contributed by atoms with van der Waals surface area (Å²) in [7, 11) is 0. The van der Waals surface area contributed by atoms with Gasteiger partial charge in [0.2, 0.25) is 0 Å². The summed E-state index contributed by atoms with van der Waals surface area (Å²) in [5, 5.41) is 0. The Morgan fingerprint density at radius 1 is 1.33 bits per heavy atom. The molecule has 0 spiro atoms. The molecule has 0 saturated heterocycles. The number of carbonyl (C=O) groups excluding carboxylic acids is 2. The number of nitrogen functional groups attached to an aromatic ring is 1. The molecule has 1 heterocycles. The zero-order valence-corrected chi connectivity index (χ0v) is 11.2. The third kappa shape index (κ3) is 3.46. The van der Waals surface area contributed by atoms with Gasteiger partial charge in [-0.1, -0.05) is 0 Å². The molecule has 2 aromatic rings. The van der Waals surface area contributed by atoms with Crippen LogP contribution < -0.4 is 16.0 Å². The van der Waals surface area contributed by atoms with E-state index in [2.05, 4.69) is 0 Å². The van der Waals surface area contributed by atoms with Gasteiger partial charge in [-0.15, -0.1) is 0 Å². The van der Waals surface area contributed by atoms with Crippen molar-refractivity contribution in [3.05, 3.63) is 53.2 Å². The molecule has 0 unspecified atom stereocenters. The number of furan rings is 1. The van der Waals surface area contributed by atoms with Gasteiger partial charge in [0, 0.05) is 6.07 Å². The normalized spacial score (nSPS) is 10.2. The number of nitrogens with two attached hydrogens (primary N) is 1. The molecule has 1 amide bonds. The van der Waals surface area contributed by atoms with Gasteiger partial charge in [-0.3, -0.25) is 15.0 Å². The predicted octanol–water partition coefficient (Wildman–Crippen LogP) is 1.80. The number of amides is 1. The first kappa shape index (κ1) is 14.7. The summed E-state index contributed by atoms with van der Waals surface area (Å²) in [5.41, 5.74) is 1.94. The summed E-state index contributed by atoms with van der Waals surface area (Å²) in [6.45, 7) is 1.29. The molecule has 6 nitrogen and oxygen atoms in total. The minimum atomic E-state index is -0.650. The molecule has 0 bridgehead atoms. The van der Waals surface area contributed by atoms with E-state index in [4.69, 9.17) is 15.0 Å². The smallest absolute Gasteiger partial charge is 0.300 e. The summed E-state index contributed by atoms with van der Waals surface area (Å²) in [6, 6.07) is 6.94. The fourth-order valence-electron chi connectivity index (χ4n) is 1.67. The Bertz CT molecular complexity index is 681. The highest BCUT2D eigenvalue weighted by Crippen LogP contribution is 2.19. The molecule has 1 aromatic carbocycles. The van der Waals surface area contributed by atoms with E-state index in [-0.39, 0.29) is 29.5 Å². The first-order valence-corrected chi connectivity index (χ1v) is 6.04. The van der Waals surface area contributed by atoms with Gasteiger partial charge in [0.1, 0.15) is 23.9 Å². The summed E-state index contributed by atoms with van der Waals surface area (Å²) in [6.07, 6.45) is 0. The second-order valence-electron chi connectivity index (χ2n) is 4.23. The van der Waals surface area contributed by atoms with E-state index < -0.39 is 11.7 Å². The van der Waals surface area contributed by atoms with Crippen molar-refractivity contribution in [1.29, 1.82) is 0 Å². The topological polar surface area (TPSA) is 94.6 Å². The number of nitrogens with one attached hydrogen (secondary N) is 1. The average Bonchev–Trinajstić information content (AvgIpc) is 2.92. The van der Waals surface area contributed by atoms with E-state index in [0.717, 1.165) is 6.07 Å². The Morgan fingerprint density at radius 2 is 2.10 bits per heavy atom. The summed E-state index contributed by atoms with van der Waals surface area (Å²) in [5.74, 6) is 4.09. The van der Waals surface area contributed by atoms with Gasteiger partial charge in [-0.05, 0) is 31.2 Å². The van der Waals surface area contributed by atoms with Crippen molar-refractivity contribution in [1.82, 2.24) is 5.43 Å². The SMILES string of the molecule is CC(=O)c1ccc(OCc2ccc(C(=O)NN)o2)cc1F. The number of Topliss-reactive ketones (excluding diaryl/α,β-unsaturated/α-hetero) is 1. The van der Waals surface area contributed by atoms with Gasteiger partial charge in [-0.25, -0.2) is 10.2 Å². The van der Waals surface area contributed by atoms with Crippen LogP contribution in [0.25, 0.3) is 0 Å². The molecule has 0 saturated carbocycles. The number of benzene rings is 1. The van der Waals surface area contributed by atoms with Crippen LogP contribution in [0.1, 0.15) is 33.6 Å². The Morgan fingerprint density at radius 3 is 2.71 bits per heavy atom. The molecule has 0 aliphatic rings. The number of hydrazine groups is 1. The van der Waals surface area contributed by atoms with E-state index in [0.29, 0.717) is 5.76 Å². The van der Waals surface area contributed by atoms with Crippen molar-refractivity contribution in [3.63, 3.8) is 0 Å². The zero-order chi connectivity index (χ0) is 15.4. The first-order chi connectivity index (χ1) is 10.0. The molecule has 21 heavy (non-hydrogen) atoms. The Balaban J connectivity index is 2.03. The Kier molecular flexibility index (Phi) is 4.34. The van der Waals surface area contributed by atoms with Crippen molar-refractivity contribution >= 4 is 11.7 Å². The number of rotatable bonds is 5. The maximum absolute atomic E-state index is 13.6. The molecule has 0 aliphatic carbocycles. The van der Waals surface area contributed by atoms with E-state index >= 15 is 0 Å². The quantitative estimate of drug-likeness (QED) is 0.379. The molecular formula is C14H13FN2O4. The summed E-state index contributed by atoms with van der Waals surface area (Å²) >= 11 is 0. The van der Waals surface area contributed by atoms with Crippen LogP contribution in [0.2, 0.25) is 0 Å². The van der Waals surface area contributed by atoms with E-state index in [9.17, 15) is 14.0 Å². The molecule has 0 radical (unpaired) electrons. The van der Waals surface area contributed by atoms with Crippen LogP contribution in [0.4, 0.5) is 4.39 Å². The van der Waals surface area contributed by atoms with E-state index in [1.165, 1.54) is 25.1 Å². The highest BCUT2D eigenvalue weighted by molar-refractivity contribution is 5.94. The van der Waals surface area contributed by atoms with Gasteiger partial charge in [-0.2, -0.15) is 0 Å². The zero-order valence-electron chi connectivity index (χ0n) is 11.2. The minimum absolute atomic E-state index is 0.00208. The van der Waals surface area contributed by atoms with Crippen LogP contribution in [0.15, 0.2) is 34.7 Å². The number of carbonyl (C=O) groups is 2. The van der Waals surface area contributed by atoms with Crippen LogP contribution in [-0.2, 0) is 6.61 Å². The standard InChI is InChI=1S/C14H13FN2O4/c1-8(18)11-4-2-9(6-12(11)15)20-7-10-3-5-13(21-10)14(19)17-16/h2-6H,7,16H2,1H3,(H,17,19). The average molecular weight is 292 g/mol. The fourth-order valence-corrected chi connectivity index (χ4v) is 1.67. The summed E-state index contributed by atoms with van der Waals surface area (Å²) in [4.78, 5) is 22.3. The lowest BCUT2D eigenvalue weighted by Crippen LogP contribution is -2.29. The lowest BCUT2D eigenvalue weighted by Gasteiger charge is -2.06. The van der Waals surface area contributed by atoms with Crippen LogP contribution >= 0.6 is 0 Å². The number of halogens is 1. The van der Waals surface area contributed by atoms with Crippen LogP contribution in [0, 0.1) is 5.82 Å². The van der Waals surface area contributed by atoms with Crippen molar-refractivity contribution < 1.29 is 23.1 Å². The monoisotopic (exact) mass is 292 g/mol. The summed E-state index contributed by atoms with van der Waals surface area (Å²) < 4.78 is 24.1. The molecule has 2 rings (SSSR count). The maximum Gasteiger partial charge on any atom is 0.300 e. The van der Waals surface area contributed by atoms with Gasteiger partial charge < -0.3 is 9.15 Å². The lowest BCUT2D eigenvalue weighted by molar-refractivity contribution is 0.0921. The van der Waals surface area contributed by atoms with Gasteiger partial charge >= 0.3 is 5.91 Å². The highest BCUT2D eigenvalue weighted by atomic mass is 19.1. The van der Waals surface area contributed by atoms with E-state index in [1.807, 2.05) is 5.43 Å². The molecule has 110 valence electrons. The highest BCUT2D eigenvalue weighted by Gasteiger charge is 2.11. The van der Waals surface area contributed by atoms with E-state index in [1.54, 1.807) is 6.07 Å². The van der Waals surface area contributed by atoms with Gasteiger partial charge in [0.15, 0.2) is 11.5 Å². The number of ether oxygens (including phenoxy) is 1. The van der Waals surface area contributed by atoms with Crippen molar-refractivity contribution in [3.8, 4) is 5.75 Å². The largest absolute Gasteiger partial charge is 0.486 e. The third-order valence-electron chi connectivity index (χ3n) is 2.72. The molecule has 3 N–H and O–H groups in total. The molecular weight excluding hydrogens is 279 g/mol. The van der Waals surface area contributed by atoms with Crippen LogP contribution in [0.5, 0.6) is 5.75 Å². The number of ketones is 1. The van der Waals surface area contributed by atoms with Crippen molar-refractivity contribution in [2.75, 3.05) is 0 Å².